The van der Waals surface area contributed by atoms with Crippen molar-refractivity contribution in [2.24, 2.45) is 0 Å². The number of carbonyl (C=O) groups excluding carboxylic acids is 1. The topological polar surface area (TPSA) is 70.6 Å². The summed E-state index contributed by atoms with van der Waals surface area (Å²) in [6.07, 6.45) is 0. The van der Waals surface area contributed by atoms with Gasteiger partial charge in [0.05, 0.1) is 11.6 Å². The number of para-hydroxylation sites is 1. The predicted octanol–water partition coefficient (Wildman–Crippen LogP) is 1.03. The first-order valence-corrected chi connectivity index (χ1v) is 5.83. The number of ether oxygens (including phenoxy) is 1. The molecule has 0 saturated heterocycles. The van der Waals surface area contributed by atoms with E-state index in [2.05, 4.69) is 10.9 Å². The minimum atomic E-state index is -0.270. The maximum Gasteiger partial charge on any atom is 0.343 e. The molecule has 1 aromatic carbocycles. The molecule has 3 rings (SSSR count). The Bertz CT molecular complexity index is 497. The van der Waals surface area contributed by atoms with Crippen molar-refractivity contribution in [1.29, 1.82) is 0 Å². The molecule has 5 nitrogen and oxygen atoms in total. The molecule has 2 aliphatic heterocycles. The maximum atomic E-state index is 11.7. The number of carbonyl (C=O) groups is 1. The van der Waals surface area contributed by atoms with Gasteiger partial charge in [0.2, 0.25) is 0 Å². The second-order valence-corrected chi connectivity index (χ2v) is 3.98. The van der Waals surface area contributed by atoms with Crippen LogP contribution in [0.5, 0.6) is 5.75 Å². The van der Waals surface area contributed by atoms with Gasteiger partial charge in [0.1, 0.15) is 5.75 Å². The van der Waals surface area contributed by atoms with Crippen LogP contribution in [0.25, 0.3) is 0 Å². The fourth-order valence-corrected chi connectivity index (χ4v) is 2.01. The van der Waals surface area contributed by atoms with Crippen LogP contribution in [0.2, 0.25) is 0 Å². The van der Waals surface area contributed by atoms with Crippen LogP contribution >= 0.6 is 0 Å². The zero-order valence-corrected chi connectivity index (χ0v) is 10.4. The van der Waals surface area contributed by atoms with Crippen molar-refractivity contribution in [3.8, 4) is 5.75 Å². The molecule has 0 bridgehead atoms. The highest BCUT2D eigenvalue weighted by Gasteiger charge is 2.37. The molecule has 0 amide bonds. The summed E-state index contributed by atoms with van der Waals surface area (Å²) in [5, 5.41) is 7.57. The van der Waals surface area contributed by atoms with Gasteiger partial charge in [-0.05, 0) is 19.9 Å². The van der Waals surface area contributed by atoms with Crippen LogP contribution in [0.15, 0.2) is 35.5 Å². The summed E-state index contributed by atoms with van der Waals surface area (Å²) in [7, 11) is 0. The van der Waals surface area contributed by atoms with Crippen molar-refractivity contribution in [2.75, 3.05) is 6.61 Å². The highest BCUT2D eigenvalue weighted by molar-refractivity contribution is 5.95. The van der Waals surface area contributed by atoms with Crippen LogP contribution in [-0.2, 0) is 4.79 Å². The zero-order valence-electron chi connectivity index (χ0n) is 10.4. The Balaban J connectivity index is 0.000000367. The summed E-state index contributed by atoms with van der Waals surface area (Å²) in [5.41, 5.74) is 8.54. The van der Waals surface area contributed by atoms with E-state index in [0.29, 0.717) is 11.3 Å². The largest absolute Gasteiger partial charge is 0.423 e. The van der Waals surface area contributed by atoms with Gasteiger partial charge in [-0.1, -0.05) is 18.2 Å². The minimum Gasteiger partial charge on any atom is -0.423 e. The molecule has 0 saturated carbocycles. The van der Waals surface area contributed by atoms with Gasteiger partial charge < -0.3 is 15.3 Å². The maximum absolute atomic E-state index is 11.7. The first kappa shape index (κ1) is 12.6. The van der Waals surface area contributed by atoms with Gasteiger partial charge in [0.25, 0.3) is 0 Å². The van der Waals surface area contributed by atoms with Crippen LogP contribution in [0, 0.1) is 0 Å². The number of aliphatic hydroxyl groups excluding tert-OH is 1. The average molecular weight is 248 g/mol. The van der Waals surface area contributed by atoms with Gasteiger partial charge in [0.15, 0.2) is 0 Å². The standard InChI is InChI=1S/C11H10N2O2.C2H6O/c1-6-9-10(13-12-6)7-4-2-3-5-8(7)15-11(9)14;1-2-3/h2-5,10,12-13H,1H3;3H,2H2,1H3. The number of benzene rings is 1. The third kappa shape index (κ3) is 2.10. The Kier molecular flexibility index (Phi) is 3.64. The van der Waals surface area contributed by atoms with Gasteiger partial charge >= 0.3 is 5.97 Å². The molecular weight excluding hydrogens is 232 g/mol. The van der Waals surface area contributed by atoms with Crippen LogP contribution in [0.3, 0.4) is 0 Å². The Morgan fingerprint density at radius 2 is 2.06 bits per heavy atom. The van der Waals surface area contributed by atoms with E-state index in [9.17, 15) is 4.79 Å². The fraction of sp³-hybridized carbons (Fsp3) is 0.308. The number of hydrazine groups is 1. The molecule has 1 atom stereocenters. The molecule has 2 aliphatic rings. The van der Waals surface area contributed by atoms with Gasteiger partial charge in [-0.3, -0.25) is 0 Å². The lowest BCUT2D eigenvalue weighted by molar-refractivity contribution is -0.131. The number of nitrogens with one attached hydrogen (secondary N) is 2. The van der Waals surface area contributed by atoms with Crippen LogP contribution < -0.4 is 15.6 Å². The molecule has 0 aliphatic carbocycles. The molecule has 3 N–H and O–H groups in total. The second kappa shape index (κ2) is 5.20. The van der Waals surface area contributed by atoms with Gasteiger partial charge in [-0.15, -0.1) is 0 Å². The smallest absolute Gasteiger partial charge is 0.343 e. The summed E-state index contributed by atoms with van der Waals surface area (Å²) in [5.74, 6) is 0.369. The quantitative estimate of drug-likeness (QED) is 0.472. The molecule has 2 heterocycles. The zero-order chi connectivity index (χ0) is 13.1. The summed E-state index contributed by atoms with van der Waals surface area (Å²) in [4.78, 5) is 11.7. The van der Waals surface area contributed by atoms with Crippen LogP contribution in [0.1, 0.15) is 25.5 Å². The number of rotatable bonds is 0. The normalized spacial score (nSPS) is 20.2. The predicted molar refractivity (Wildman–Crippen MR) is 66.5 cm³/mol. The van der Waals surface area contributed by atoms with E-state index in [4.69, 9.17) is 9.84 Å². The van der Waals surface area contributed by atoms with Crippen molar-refractivity contribution >= 4 is 5.97 Å². The summed E-state index contributed by atoms with van der Waals surface area (Å²) in [6.45, 7) is 3.79. The Hall–Kier alpha value is -1.85. The number of hydrogen-bond donors (Lipinski definition) is 3. The van der Waals surface area contributed by atoms with Gasteiger partial charge in [0, 0.05) is 17.9 Å². The molecule has 96 valence electrons. The Morgan fingerprint density at radius 3 is 2.78 bits per heavy atom. The third-order valence-electron chi connectivity index (χ3n) is 2.75. The van der Waals surface area contributed by atoms with Gasteiger partial charge in [-0.25, -0.2) is 10.2 Å². The van der Waals surface area contributed by atoms with E-state index >= 15 is 0 Å². The van der Waals surface area contributed by atoms with E-state index in [0.717, 1.165) is 11.3 Å². The van der Waals surface area contributed by atoms with Crippen LogP contribution in [0.4, 0.5) is 0 Å². The summed E-state index contributed by atoms with van der Waals surface area (Å²) < 4.78 is 5.24. The monoisotopic (exact) mass is 248 g/mol. The van der Waals surface area contributed by atoms with E-state index in [1.54, 1.807) is 13.0 Å². The highest BCUT2D eigenvalue weighted by Crippen LogP contribution is 2.38. The molecule has 1 aromatic rings. The SMILES string of the molecule is CC1=C2C(=O)Oc3ccccc3C2NN1.CCO. The third-order valence-corrected chi connectivity index (χ3v) is 2.75. The summed E-state index contributed by atoms with van der Waals surface area (Å²) in [6, 6.07) is 7.47. The van der Waals surface area contributed by atoms with Crippen molar-refractivity contribution in [3.05, 3.63) is 41.1 Å². The molecule has 0 radical (unpaired) electrons. The van der Waals surface area contributed by atoms with Crippen molar-refractivity contribution in [3.63, 3.8) is 0 Å². The first-order chi connectivity index (χ1) is 8.69. The number of esters is 1. The molecule has 18 heavy (non-hydrogen) atoms. The molecule has 0 spiro atoms. The van der Waals surface area contributed by atoms with Crippen molar-refractivity contribution in [1.82, 2.24) is 10.9 Å². The molecule has 1 unspecified atom stereocenters. The lowest BCUT2D eigenvalue weighted by Gasteiger charge is -2.22. The first-order valence-electron chi connectivity index (χ1n) is 5.83. The number of allylic oxidation sites excluding steroid dienone is 1. The van der Waals surface area contributed by atoms with Crippen LogP contribution in [-0.4, -0.2) is 17.7 Å². The fourth-order valence-electron chi connectivity index (χ4n) is 2.01. The lowest BCUT2D eigenvalue weighted by Crippen LogP contribution is -2.31. The van der Waals surface area contributed by atoms with Crippen molar-refractivity contribution < 1.29 is 14.6 Å². The van der Waals surface area contributed by atoms with E-state index in [1.165, 1.54) is 0 Å². The Labute approximate surface area is 105 Å². The van der Waals surface area contributed by atoms with E-state index in [1.807, 2.05) is 25.1 Å². The lowest BCUT2D eigenvalue weighted by atomic mass is 9.96. The minimum absolute atomic E-state index is 0.0811. The molecule has 0 aromatic heterocycles. The highest BCUT2D eigenvalue weighted by atomic mass is 16.5. The van der Waals surface area contributed by atoms with Crippen molar-refractivity contribution in [2.45, 2.75) is 19.9 Å². The number of aliphatic hydroxyl groups is 1. The average Bonchev–Trinajstić information content (AvgIpc) is 2.74. The second-order valence-electron chi connectivity index (χ2n) is 3.98. The van der Waals surface area contributed by atoms with E-state index in [-0.39, 0.29) is 18.6 Å². The molecule has 0 fully saturated rings. The molecule has 5 heteroatoms. The number of hydrogen-bond acceptors (Lipinski definition) is 5. The summed E-state index contributed by atoms with van der Waals surface area (Å²) >= 11 is 0. The number of fused-ring (bicyclic) bond motifs is 3. The Morgan fingerprint density at radius 1 is 1.39 bits per heavy atom. The van der Waals surface area contributed by atoms with E-state index < -0.39 is 0 Å². The van der Waals surface area contributed by atoms with Gasteiger partial charge in [-0.2, -0.15) is 0 Å². The molecular formula is C13H16N2O3.